The van der Waals surface area contributed by atoms with Crippen molar-refractivity contribution >= 4 is 21.7 Å². The molecule has 2 aromatic heterocycles. The first-order chi connectivity index (χ1) is 12.2. The van der Waals surface area contributed by atoms with Crippen molar-refractivity contribution in [2.24, 2.45) is 0 Å². The molecule has 0 N–H and O–H groups in total. The molecular formula is C23H22N2. The Hall–Kier alpha value is -2.74. The maximum Gasteiger partial charge on any atom is 0.0712 e. The molecule has 0 aliphatic heterocycles. The number of pyridine rings is 2. The van der Waals surface area contributed by atoms with Crippen LogP contribution in [-0.2, 0) is 6.42 Å². The summed E-state index contributed by atoms with van der Waals surface area (Å²) in [6.45, 7) is 6.65. The van der Waals surface area contributed by atoms with Crippen LogP contribution in [0.25, 0.3) is 32.9 Å². The Bertz CT molecular complexity index is 1060. The molecule has 2 nitrogen and oxygen atoms in total. The first-order valence-electron chi connectivity index (χ1n) is 8.94. The van der Waals surface area contributed by atoms with E-state index in [0.29, 0.717) is 5.92 Å². The summed E-state index contributed by atoms with van der Waals surface area (Å²) < 4.78 is 0. The number of nitrogens with zero attached hydrogens (tertiary/aromatic N) is 2. The minimum absolute atomic E-state index is 0.496. The van der Waals surface area contributed by atoms with Crippen molar-refractivity contribution in [1.82, 2.24) is 9.97 Å². The van der Waals surface area contributed by atoms with E-state index in [1.165, 1.54) is 32.8 Å². The van der Waals surface area contributed by atoms with Gasteiger partial charge in [0.05, 0.1) is 11.2 Å². The Morgan fingerprint density at radius 2 is 1.84 bits per heavy atom. The van der Waals surface area contributed by atoms with Crippen LogP contribution >= 0.6 is 0 Å². The molecule has 2 heterocycles. The third-order valence-corrected chi connectivity index (χ3v) is 4.91. The van der Waals surface area contributed by atoms with E-state index in [4.69, 9.17) is 4.98 Å². The highest BCUT2D eigenvalue weighted by molar-refractivity contribution is 5.91. The number of hydrogen-bond donors (Lipinski definition) is 0. The van der Waals surface area contributed by atoms with Gasteiger partial charge in [-0.15, -0.1) is 0 Å². The molecule has 2 heteroatoms. The summed E-state index contributed by atoms with van der Waals surface area (Å²) in [5.41, 5.74) is 5.94. The largest absolute Gasteiger partial charge is 0.264 e. The molecule has 0 aliphatic rings. The molecule has 0 amide bonds. The van der Waals surface area contributed by atoms with Crippen LogP contribution in [0.1, 0.15) is 37.8 Å². The van der Waals surface area contributed by atoms with E-state index in [0.717, 1.165) is 17.6 Å². The van der Waals surface area contributed by atoms with Crippen molar-refractivity contribution < 1.29 is 0 Å². The Kier molecular flexibility index (Phi) is 3.96. The zero-order valence-electron chi connectivity index (χ0n) is 15.0. The van der Waals surface area contributed by atoms with Crippen molar-refractivity contribution in [2.45, 2.75) is 33.1 Å². The lowest BCUT2D eigenvalue weighted by atomic mass is 9.96. The number of benzene rings is 2. The van der Waals surface area contributed by atoms with E-state index in [9.17, 15) is 0 Å². The van der Waals surface area contributed by atoms with E-state index < -0.39 is 0 Å². The fourth-order valence-corrected chi connectivity index (χ4v) is 3.56. The number of aryl methyl sites for hydroxylation is 1. The summed E-state index contributed by atoms with van der Waals surface area (Å²) in [6.07, 6.45) is 4.80. The van der Waals surface area contributed by atoms with Crippen LogP contribution in [-0.4, -0.2) is 9.97 Å². The fraction of sp³-hybridized carbons (Fsp3) is 0.217. The number of hydrogen-bond acceptors (Lipinski definition) is 2. The van der Waals surface area contributed by atoms with Crippen LogP contribution in [0.5, 0.6) is 0 Å². The standard InChI is InChI=1S/C23H22N2/c1-4-16-12-18(13-17-10-11-24-14-21(16)17)22-9-8-20-19(15(2)3)6-5-7-23(20)25-22/h5-15H,4H2,1-3H3. The summed E-state index contributed by atoms with van der Waals surface area (Å²) in [7, 11) is 0. The summed E-state index contributed by atoms with van der Waals surface area (Å²) in [4.78, 5) is 9.23. The highest BCUT2D eigenvalue weighted by Crippen LogP contribution is 2.30. The van der Waals surface area contributed by atoms with Gasteiger partial charge < -0.3 is 0 Å². The summed E-state index contributed by atoms with van der Waals surface area (Å²) >= 11 is 0. The quantitative estimate of drug-likeness (QED) is 0.452. The van der Waals surface area contributed by atoms with Gasteiger partial charge in [-0.1, -0.05) is 39.0 Å². The number of aromatic nitrogens is 2. The van der Waals surface area contributed by atoms with Gasteiger partial charge in [0.25, 0.3) is 0 Å². The average Bonchev–Trinajstić information content (AvgIpc) is 2.66. The van der Waals surface area contributed by atoms with Gasteiger partial charge in [-0.05, 0) is 59.2 Å². The molecule has 0 radical (unpaired) electrons. The molecular weight excluding hydrogens is 304 g/mol. The molecule has 0 saturated heterocycles. The van der Waals surface area contributed by atoms with Crippen molar-refractivity contribution in [2.75, 3.05) is 0 Å². The Balaban J connectivity index is 1.91. The first-order valence-corrected chi connectivity index (χ1v) is 8.94. The van der Waals surface area contributed by atoms with Crippen LogP contribution in [0.3, 0.4) is 0 Å². The van der Waals surface area contributed by atoms with Crippen LogP contribution in [0.4, 0.5) is 0 Å². The molecule has 0 spiro atoms. The van der Waals surface area contributed by atoms with Crippen molar-refractivity contribution in [1.29, 1.82) is 0 Å². The summed E-state index contributed by atoms with van der Waals surface area (Å²) in [5.74, 6) is 0.496. The molecule has 25 heavy (non-hydrogen) atoms. The second kappa shape index (κ2) is 6.29. The van der Waals surface area contributed by atoms with Crippen molar-refractivity contribution in [3.05, 3.63) is 72.1 Å². The SMILES string of the molecule is CCc1cc(-c2ccc3c(C(C)C)cccc3n2)cc2ccncc12. The summed E-state index contributed by atoms with van der Waals surface area (Å²) in [5, 5.41) is 3.71. The molecule has 0 bridgehead atoms. The molecule has 0 saturated carbocycles. The lowest BCUT2D eigenvalue weighted by Gasteiger charge is -2.12. The third kappa shape index (κ3) is 2.78. The number of rotatable bonds is 3. The monoisotopic (exact) mass is 326 g/mol. The van der Waals surface area contributed by atoms with Gasteiger partial charge in [0.1, 0.15) is 0 Å². The van der Waals surface area contributed by atoms with E-state index in [2.05, 4.69) is 74.3 Å². The lowest BCUT2D eigenvalue weighted by Crippen LogP contribution is -1.93. The van der Waals surface area contributed by atoms with Crippen LogP contribution < -0.4 is 0 Å². The van der Waals surface area contributed by atoms with E-state index in [1.807, 2.05) is 12.4 Å². The maximum atomic E-state index is 4.96. The molecule has 0 atom stereocenters. The van der Waals surface area contributed by atoms with E-state index >= 15 is 0 Å². The van der Waals surface area contributed by atoms with Gasteiger partial charge in [-0.25, -0.2) is 4.98 Å². The Labute approximate surface area is 148 Å². The minimum atomic E-state index is 0.496. The molecule has 0 fully saturated rings. The van der Waals surface area contributed by atoms with Gasteiger partial charge in [-0.2, -0.15) is 0 Å². The predicted molar refractivity (Wildman–Crippen MR) is 106 cm³/mol. The fourth-order valence-electron chi connectivity index (χ4n) is 3.56. The molecule has 4 aromatic rings. The molecule has 0 unspecified atom stereocenters. The summed E-state index contributed by atoms with van der Waals surface area (Å²) in [6, 6.07) is 17.3. The highest BCUT2D eigenvalue weighted by atomic mass is 14.7. The van der Waals surface area contributed by atoms with Crippen LogP contribution in [0.2, 0.25) is 0 Å². The normalized spacial score (nSPS) is 11.5. The molecule has 2 aromatic carbocycles. The predicted octanol–water partition coefficient (Wildman–Crippen LogP) is 6.14. The van der Waals surface area contributed by atoms with Crippen molar-refractivity contribution in [3.8, 4) is 11.3 Å². The minimum Gasteiger partial charge on any atom is -0.264 e. The number of fused-ring (bicyclic) bond motifs is 2. The van der Waals surface area contributed by atoms with Crippen LogP contribution in [0, 0.1) is 0 Å². The van der Waals surface area contributed by atoms with Crippen molar-refractivity contribution in [3.63, 3.8) is 0 Å². The molecule has 124 valence electrons. The maximum absolute atomic E-state index is 4.96. The van der Waals surface area contributed by atoms with Gasteiger partial charge in [0.15, 0.2) is 0 Å². The topological polar surface area (TPSA) is 25.8 Å². The molecule has 0 aliphatic carbocycles. The van der Waals surface area contributed by atoms with Gasteiger partial charge in [0, 0.05) is 28.7 Å². The van der Waals surface area contributed by atoms with Gasteiger partial charge >= 0.3 is 0 Å². The highest BCUT2D eigenvalue weighted by Gasteiger charge is 2.09. The second-order valence-corrected chi connectivity index (χ2v) is 6.85. The lowest BCUT2D eigenvalue weighted by molar-refractivity contribution is 0.876. The second-order valence-electron chi connectivity index (χ2n) is 6.85. The van der Waals surface area contributed by atoms with Crippen LogP contribution in [0.15, 0.2) is 60.9 Å². The van der Waals surface area contributed by atoms with Gasteiger partial charge in [-0.3, -0.25) is 4.98 Å². The Morgan fingerprint density at radius 1 is 0.960 bits per heavy atom. The molecule has 4 rings (SSSR count). The zero-order valence-corrected chi connectivity index (χ0v) is 15.0. The average molecular weight is 326 g/mol. The Morgan fingerprint density at radius 3 is 2.64 bits per heavy atom. The third-order valence-electron chi connectivity index (χ3n) is 4.91. The smallest absolute Gasteiger partial charge is 0.0712 e. The van der Waals surface area contributed by atoms with E-state index in [-0.39, 0.29) is 0 Å². The van der Waals surface area contributed by atoms with Gasteiger partial charge in [0.2, 0.25) is 0 Å². The zero-order chi connectivity index (χ0) is 17.4. The van der Waals surface area contributed by atoms with E-state index in [1.54, 1.807) is 0 Å². The first kappa shape index (κ1) is 15.8.